The molecule has 0 spiro atoms. The molecule has 1 heterocycles. The summed E-state index contributed by atoms with van der Waals surface area (Å²) in [6, 6.07) is 22.1. The molecule has 1 aliphatic rings. The molecule has 1 saturated heterocycles. The molecular formula is C25H23FN2O2S. The summed E-state index contributed by atoms with van der Waals surface area (Å²) in [5, 5.41) is 2.61. The first kappa shape index (κ1) is 21.1. The lowest BCUT2D eigenvalue weighted by Crippen LogP contribution is -2.28. The number of amides is 2. The standard InChI is InChI=1S/C25H23FN2O2S/c1-17-7-13-21(26)22(15-17)28-24(30)16-31-25(28)19-9-11-20(12-10-19)27-23(29)14-8-18-5-3-2-4-6-18/h2-7,9-13,15,25H,8,14,16H2,1H3,(H,27,29)/t25-/m1/s1. The van der Waals surface area contributed by atoms with Gasteiger partial charge in [0.2, 0.25) is 11.8 Å². The highest BCUT2D eigenvalue weighted by Crippen LogP contribution is 2.43. The van der Waals surface area contributed by atoms with Gasteiger partial charge < -0.3 is 5.32 Å². The van der Waals surface area contributed by atoms with E-state index in [4.69, 9.17) is 0 Å². The number of anilines is 2. The van der Waals surface area contributed by atoms with Crippen LogP contribution in [-0.4, -0.2) is 17.6 Å². The van der Waals surface area contributed by atoms with E-state index < -0.39 is 5.82 Å². The summed E-state index contributed by atoms with van der Waals surface area (Å²) in [4.78, 5) is 26.3. The lowest BCUT2D eigenvalue weighted by atomic mass is 10.1. The van der Waals surface area contributed by atoms with Gasteiger partial charge in [-0.1, -0.05) is 48.5 Å². The molecule has 3 aromatic rings. The molecule has 4 rings (SSSR count). The molecule has 1 N–H and O–H groups in total. The summed E-state index contributed by atoms with van der Waals surface area (Å²) in [6.07, 6.45) is 1.09. The largest absolute Gasteiger partial charge is 0.326 e. The normalized spacial score (nSPS) is 15.9. The number of nitrogens with one attached hydrogen (secondary N) is 1. The van der Waals surface area contributed by atoms with E-state index in [2.05, 4.69) is 5.32 Å². The summed E-state index contributed by atoms with van der Waals surface area (Å²) in [7, 11) is 0. The fourth-order valence-corrected chi connectivity index (χ4v) is 4.76. The minimum Gasteiger partial charge on any atom is -0.326 e. The summed E-state index contributed by atoms with van der Waals surface area (Å²) in [6.45, 7) is 1.88. The van der Waals surface area contributed by atoms with E-state index in [1.807, 2.05) is 61.5 Å². The van der Waals surface area contributed by atoms with Crippen LogP contribution in [0.2, 0.25) is 0 Å². The smallest absolute Gasteiger partial charge is 0.238 e. The number of thioether (sulfide) groups is 1. The van der Waals surface area contributed by atoms with E-state index in [1.165, 1.54) is 22.7 Å². The van der Waals surface area contributed by atoms with Gasteiger partial charge in [0.05, 0.1) is 11.4 Å². The number of aryl methyl sites for hydroxylation is 2. The third-order valence-corrected chi connectivity index (χ3v) is 6.40. The molecule has 0 aromatic heterocycles. The Balaban J connectivity index is 1.44. The molecule has 1 aliphatic heterocycles. The molecule has 1 fully saturated rings. The number of hydrogen-bond donors (Lipinski definition) is 1. The van der Waals surface area contributed by atoms with Crippen molar-refractivity contribution in [2.24, 2.45) is 0 Å². The molecule has 6 heteroatoms. The van der Waals surface area contributed by atoms with Gasteiger partial charge in [0, 0.05) is 12.1 Å². The van der Waals surface area contributed by atoms with Crippen molar-refractivity contribution in [2.75, 3.05) is 16.0 Å². The maximum Gasteiger partial charge on any atom is 0.238 e. The Morgan fingerprint density at radius 2 is 1.84 bits per heavy atom. The van der Waals surface area contributed by atoms with E-state index in [0.717, 1.165) is 16.7 Å². The summed E-state index contributed by atoms with van der Waals surface area (Å²) in [5.74, 6) is -0.271. The number of carbonyl (C=O) groups excluding carboxylic acids is 2. The van der Waals surface area contributed by atoms with Gasteiger partial charge in [0.1, 0.15) is 11.2 Å². The zero-order chi connectivity index (χ0) is 21.8. The van der Waals surface area contributed by atoms with E-state index in [9.17, 15) is 14.0 Å². The van der Waals surface area contributed by atoms with Gasteiger partial charge in [0.25, 0.3) is 0 Å². The molecule has 31 heavy (non-hydrogen) atoms. The van der Waals surface area contributed by atoms with Crippen LogP contribution < -0.4 is 10.2 Å². The number of hydrogen-bond acceptors (Lipinski definition) is 3. The molecule has 2 amide bonds. The molecule has 1 atom stereocenters. The first-order chi connectivity index (χ1) is 15.0. The van der Waals surface area contributed by atoms with Crippen LogP contribution in [0.5, 0.6) is 0 Å². The molecule has 0 radical (unpaired) electrons. The quantitative estimate of drug-likeness (QED) is 0.559. The second-order valence-electron chi connectivity index (χ2n) is 7.54. The van der Waals surface area contributed by atoms with Gasteiger partial charge in [-0.25, -0.2) is 4.39 Å². The molecule has 0 saturated carbocycles. The molecule has 0 unspecified atom stereocenters. The zero-order valence-corrected chi connectivity index (χ0v) is 18.0. The van der Waals surface area contributed by atoms with Crippen molar-refractivity contribution in [1.82, 2.24) is 0 Å². The molecule has 0 aliphatic carbocycles. The average Bonchev–Trinajstić information content (AvgIpc) is 3.16. The average molecular weight is 435 g/mol. The van der Waals surface area contributed by atoms with Crippen LogP contribution >= 0.6 is 11.8 Å². The third kappa shape index (κ3) is 4.97. The highest BCUT2D eigenvalue weighted by atomic mass is 32.2. The molecule has 4 nitrogen and oxygen atoms in total. The van der Waals surface area contributed by atoms with Crippen molar-refractivity contribution in [1.29, 1.82) is 0 Å². The lowest BCUT2D eigenvalue weighted by molar-refractivity contribution is -0.116. The highest BCUT2D eigenvalue weighted by Gasteiger charge is 2.35. The molecule has 158 valence electrons. The van der Waals surface area contributed by atoms with Crippen LogP contribution in [0.3, 0.4) is 0 Å². The van der Waals surface area contributed by atoms with Crippen LogP contribution in [0, 0.1) is 12.7 Å². The zero-order valence-electron chi connectivity index (χ0n) is 17.2. The first-order valence-corrected chi connectivity index (χ1v) is 11.2. The van der Waals surface area contributed by atoms with Crippen molar-refractivity contribution in [3.05, 3.63) is 95.3 Å². The number of nitrogens with zero attached hydrogens (tertiary/aromatic N) is 1. The Labute approximate surface area is 185 Å². The number of halogens is 1. The predicted octanol–water partition coefficient (Wildman–Crippen LogP) is 5.48. The van der Waals surface area contributed by atoms with Crippen molar-refractivity contribution in [3.63, 3.8) is 0 Å². The van der Waals surface area contributed by atoms with Crippen molar-refractivity contribution >= 4 is 35.0 Å². The van der Waals surface area contributed by atoms with E-state index in [-0.39, 0.29) is 17.2 Å². The van der Waals surface area contributed by atoms with Gasteiger partial charge >= 0.3 is 0 Å². The van der Waals surface area contributed by atoms with Gasteiger partial charge in [-0.3, -0.25) is 14.5 Å². The minimum atomic E-state index is -0.409. The Bertz CT molecular complexity index is 1090. The number of rotatable bonds is 6. The molecule has 3 aromatic carbocycles. The molecular weight excluding hydrogens is 411 g/mol. The second-order valence-corrected chi connectivity index (χ2v) is 8.61. The monoisotopic (exact) mass is 434 g/mol. The van der Waals surface area contributed by atoms with Crippen molar-refractivity contribution in [3.8, 4) is 0 Å². The third-order valence-electron chi connectivity index (χ3n) is 5.19. The van der Waals surface area contributed by atoms with Crippen molar-refractivity contribution in [2.45, 2.75) is 25.1 Å². The van der Waals surface area contributed by atoms with Gasteiger partial charge in [-0.15, -0.1) is 11.8 Å². The fourth-order valence-electron chi connectivity index (χ4n) is 3.60. The van der Waals surface area contributed by atoms with Crippen LogP contribution in [0.1, 0.15) is 28.5 Å². The Morgan fingerprint density at radius 1 is 1.10 bits per heavy atom. The number of benzene rings is 3. The maximum absolute atomic E-state index is 14.4. The van der Waals surface area contributed by atoms with Gasteiger partial charge in [-0.2, -0.15) is 0 Å². The minimum absolute atomic E-state index is 0.0505. The van der Waals surface area contributed by atoms with Gasteiger partial charge in [0.15, 0.2) is 0 Å². The van der Waals surface area contributed by atoms with Crippen LogP contribution in [0.25, 0.3) is 0 Å². The SMILES string of the molecule is Cc1ccc(F)c(N2C(=O)CS[C@@H]2c2ccc(NC(=O)CCc3ccccc3)cc2)c1. The topological polar surface area (TPSA) is 49.4 Å². The fraction of sp³-hybridized carbons (Fsp3) is 0.200. The predicted molar refractivity (Wildman–Crippen MR) is 124 cm³/mol. The van der Waals surface area contributed by atoms with Gasteiger partial charge in [-0.05, 0) is 54.3 Å². The maximum atomic E-state index is 14.4. The Hall–Kier alpha value is -3.12. The van der Waals surface area contributed by atoms with Crippen molar-refractivity contribution < 1.29 is 14.0 Å². The van der Waals surface area contributed by atoms with E-state index in [0.29, 0.717) is 30.0 Å². The second kappa shape index (κ2) is 9.35. The van der Waals surface area contributed by atoms with E-state index >= 15 is 0 Å². The Morgan fingerprint density at radius 3 is 2.58 bits per heavy atom. The Kier molecular flexibility index (Phi) is 6.37. The van der Waals surface area contributed by atoms with E-state index in [1.54, 1.807) is 12.1 Å². The number of carbonyl (C=O) groups is 2. The van der Waals surface area contributed by atoms with Crippen LogP contribution in [0.15, 0.2) is 72.8 Å². The summed E-state index contributed by atoms with van der Waals surface area (Å²) < 4.78 is 14.4. The van der Waals surface area contributed by atoms with Crippen LogP contribution in [-0.2, 0) is 16.0 Å². The molecule has 0 bridgehead atoms. The lowest BCUT2D eigenvalue weighted by Gasteiger charge is -2.25. The first-order valence-electron chi connectivity index (χ1n) is 10.1. The summed E-state index contributed by atoms with van der Waals surface area (Å²) in [5.41, 5.74) is 3.91. The summed E-state index contributed by atoms with van der Waals surface area (Å²) >= 11 is 1.47. The highest BCUT2D eigenvalue weighted by molar-refractivity contribution is 8.00. The van der Waals surface area contributed by atoms with Crippen LogP contribution in [0.4, 0.5) is 15.8 Å².